The van der Waals surface area contributed by atoms with E-state index in [-0.39, 0.29) is 0 Å². The lowest BCUT2D eigenvalue weighted by molar-refractivity contribution is 0.603. The molecule has 2 aromatic heterocycles. The fourth-order valence-corrected chi connectivity index (χ4v) is 1.89. The summed E-state index contributed by atoms with van der Waals surface area (Å²) < 4.78 is 2.08. The molecule has 0 aromatic carbocycles. The van der Waals surface area contributed by atoms with E-state index in [0.717, 1.165) is 23.0 Å². The van der Waals surface area contributed by atoms with Crippen molar-refractivity contribution in [3.8, 4) is 11.5 Å². The first-order chi connectivity index (χ1) is 9.02. The second-order valence-corrected chi connectivity index (χ2v) is 5.19. The molecule has 2 rings (SSSR count). The summed E-state index contributed by atoms with van der Waals surface area (Å²) in [4.78, 5) is 13.4. The highest BCUT2D eigenvalue weighted by atomic mass is 15.1. The van der Waals surface area contributed by atoms with E-state index in [2.05, 4.69) is 52.5 Å². The Hall–Kier alpha value is -1.91. The van der Waals surface area contributed by atoms with Gasteiger partial charge in [0.1, 0.15) is 11.5 Å². The highest BCUT2D eigenvalue weighted by molar-refractivity contribution is 5.53. The summed E-state index contributed by atoms with van der Waals surface area (Å²) in [5.41, 5.74) is 1.99. The maximum absolute atomic E-state index is 4.65. The monoisotopic (exact) mass is 259 g/mol. The normalized spacial score (nSPS) is 11.3. The Morgan fingerprint density at radius 3 is 2.47 bits per heavy atom. The number of hydrogen-bond acceptors (Lipinski definition) is 4. The van der Waals surface area contributed by atoms with Crippen LogP contribution in [0.2, 0.25) is 0 Å². The predicted molar refractivity (Wildman–Crippen MR) is 77.3 cm³/mol. The van der Waals surface area contributed by atoms with Crippen LogP contribution in [0.5, 0.6) is 0 Å². The lowest BCUT2D eigenvalue weighted by Crippen LogP contribution is -2.06. The molecule has 2 aromatic rings. The molecule has 102 valence electrons. The van der Waals surface area contributed by atoms with Crippen LogP contribution in [0.3, 0.4) is 0 Å². The van der Waals surface area contributed by atoms with Gasteiger partial charge in [0, 0.05) is 24.8 Å². The second-order valence-electron chi connectivity index (χ2n) is 5.19. The Kier molecular flexibility index (Phi) is 3.83. The molecule has 0 amide bonds. The van der Waals surface area contributed by atoms with E-state index >= 15 is 0 Å². The van der Waals surface area contributed by atoms with Crippen molar-refractivity contribution in [1.82, 2.24) is 19.5 Å². The Labute approximate surface area is 114 Å². The number of anilines is 1. The minimum absolute atomic E-state index is 0.335. The van der Waals surface area contributed by atoms with Gasteiger partial charge in [0.2, 0.25) is 0 Å². The van der Waals surface area contributed by atoms with Gasteiger partial charge in [-0.05, 0) is 19.8 Å². The van der Waals surface area contributed by atoms with Crippen LogP contribution in [-0.4, -0.2) is 26.6 Å². The lowest BCUT2D eigenvalue weighted by atomic mass is 10.1. The third kappa shape index (κ3) is 2.75. The molecular weight excluding hydrogens is 238 g/mol. The fraction of sp³-hybridized carbons (Fsp3) is 0.500. The van der Waals surface area contributed by atoms with Crippen molar-refractivity contribution in [3.05, 3.63) is 24.3 Å². The van der Waals surface area contributed by atoms with Gasteiger partial charge in [0.05, 0.1) is 12.5 Å². The summed E-state index contributed by atoms with van der Waals surface area (Å²) in [6.45, 7) is 8.50. The molecule has 0 aliphatic rings. The molecule has 0 saturated heterocycles. The molecule has 0 unspecified atom stereocenters. The van der Waals surface area contributed by atoms with Gasteiger partial charge in [-0.1, -0.05) is 13.8 Å². The number of hydrogen-bond donors (Lipinski definition) is 1. The highest BCUT2D eigenvalue weighted by Crippen LogP contribution is 2.23. The standard InChI is InChI=1S/C14H21N5/c1-9(2)11-6-13(15-5)18-14(17-11)12-7-16-8-19(12)10(3)4/h6-10H,1-5H3,(H,15,17,18). The van der Waals surface area contributed by atoms with E-state index in [0.29, 0.717) is 12.0 Å². The lowest BCUT2D eigenvalue weighted by Gasteiger charge is -2.13. The average Bonchev–Trinajstić information content (AvgIpc) is 2.87. The van der Waals surface area contributed by atoms with Crippen LogP contribution in [0.1, 0.15) is 45.3 Å². The molecular formula is C14H21N5. The zero-order valence-corrected chi connectivity index (χ0v) is 12.2. The van der Waals surface area contributed by atoms with Gasteiger partial charge in [-0.15, -0.1) is 0 Å². The van der Waals surface area contributed by atoms with Crippen molar-refractivity contribution in [3.63, 3.8) is 0 Å². The predicted octanol–water partition coefficient (Wildman–Crippen LogP) is 3.09. The maximum atomic E-state index is 4.65. The van der Waals surface area contributed by atoms with Crippen molar-refractivity contribution in [2.24, 2.45) is 0 Å². The van der Waals surface area contributed by atoms with Crippen LogP contribution < -0.4 is 5.32 Å². The van der Waals surface area contributed by atoms with Crippen molar-refractivity contribution in [2.45, 2.75) is 39.7 Å². The van der Waals surface area contributed by atoms with Crippen LogP contribution in [0, 0.1) is 0 Å². The Balaban J connectivity index is 2.54. The molecule has 19 heavy (non-hydrogen) atoms. The Bertz CT molecular complexity index is 557. The molecule has 5 heteroatoms. The van der Waals surface area contributed by atoms with Gasteiger partial charge in [0.25, 0.3) is 0 Å². The Morgan fingerprint density at radius 2 is 1.89 bits per heavy atom. The molecule has 0 saturated carbocycles. The summed E-state index contributed by atoms with van der Waals surface area (Å²) >= 11 is 0. The number of imidazole rings is 1. The molecule has 0 bridgehead atoms. The number of nitrogens with one attached hydrogen (secondary N) is 1. The van der Waals surface area contributed by atoms with Crippen molar-refractivity contribution < 1.29 is 0 Å². The molecule has 5 nitrogen and oxygen atoms in total. The molecule has 1 N–H and O–H groups in total. The van der Waals surface area contributed by atoms with Gasteiger partial charge in [-0.25, -0.2) is 15.0 Å². The number of rotatable bonds is 4. The van der Waals surface area contributed by atoms with Gasteiger partial charge in [-0.3, -0.25) is 0 Å². The molecule has 2 heterocycles. The minimum atomic E-state index is 0.335. The van der Waals surface area contributed by atoms with Gasteiger partial charge < -0.3 is 9.88 Å². The number of aromatic nitrogens is 4. The minimum Gasteiger partial charge on any atom is -0.373 e. The molecule has 0 spiro atoms. The van der Waals surface area contributed by atoms with E-state index in [1.807, 2.05) is 25.6 Å². The summed E-state index contributed by atoms with van der Waals surface area (Å²) in [7, 11) is 1.87. The van der Waals surface area contributed by atoms with Gasteiger partial charge in [0.15, 0.2) is 5.82 Å². The maximum Gasteiger partial charge on any atom is 0.180 e. The summed E-state index contributed by atoms with van der Waals surface area (Å²) in [5, 5.41) is 3.09. The Morgan fingerprint density at radius 1 is 1.16 bits per heavy atom. The zero-order chi connectivity index (χ0) is 14.0. The fourth-order valence-electron chi connectivity index (χ4n) is 1.89. The van der Waals surface area contributed by atoms with Gasteiger partial charge in [-0.2, -0.15) is 0 Å². The molecule has 0 radical (unpaired) electrons. The first-order valence-corrected chi connectivity index (χ1v) is 6.61. The van der Waals surface area contributed by atoms with Crippen molar-refractivity contribution in [2.75, 3.05) is 12.4 Å². The average molecular weight is 259 g/mol. The van der Waals surface area contributed by atoms with Crippen LogP contribution in [0.25, 0.3) is 11.5 Å². The van der Waals surface area contributed by atoms with Crippen LogP contribution in [-0.2, 0) is 0 Å². The van der Waals surface area contributed by atoms with E-state index in [4.69, 9.17) is 0 Å². The molecule has 0 aliphatic carbocycles. The van der Waals surface area contributed by atoms with Crippen LogP contribution >= 0.6 is 0 Å². The second kappa shape index (κ2) is 5.38. The summed E-state index contributed by atoms with van der Waals surface area (Å²) in [6, 6.07) is 2.33. The zero-order valence-electron chi connectivity index (χ0n) is 12.2. The van der Waals surface area contributed by atoms with Crippen LogP contribution in [0.4, 0.5) is 5.82 Å². The van der Waals surface area contributed by atoms with Crippen molar-refractivity contribution >= 4 is 5.82 Å². The van der Waals surface area contributed by atoms with Crippen molar-refractivity contribution in [1.29, 1.82) is 0 Å². The summed E-state index contributed by atoms with van der Waals surface area (Å²) in [5.74, 6) is 1.93. The first kappa shape index (κ1) is 13.5. The topological polar surface area (TPSA) is 55.6 Å². The SMILES string of the molecule is CNc1cc(C(C)C)nc(-c2cncn2C(C)C)n1. The van der Waals surface area contributed by atoms with E-state index < -0.39 is 0 Å². The van der Waals surface area contributed by atoms with Crippen LogP contribution in [0.15, 0.2) is 18.6 Å². The first-order valence-electron chi connectivity index (χ1n) is 6.61. The van der Waals surface area contributed by atoms with E-state index in [9.17, 15) is 0 Å². The van der Waals surface area contributed by atoms with E-state index in [1.54, 1.807) is 0 Å². The third-order valence-corrected chi connectivity index (χ3v) is 3.05. The molecule has 0 fully saturated rings. The largest absolute Gasteiger partial charge is 0.373 e. The van der Waals surface area contributed by atoms with E-state index in [1.165, 1.54) is 0 Å². The highest BCUT2D eigenvalue weighted by Gasteiger charge is 2.13. The molecule has 0 atom stereocenters. The molecule has 0 aliphatic heterocycles. The smallest absolute Gasteiger partial charge is 0.180 e. The summed E-state index contributed by atoms with van der Waals surface area (Å²) in [6.07, 6.45) is 3.64. The number of nitrogens with zero attached hydrogens (tertiary/aromatic N) is 4. The third-order valence-electron chi connectivity index (χ3n) is 3.05. The van der Waals surface area contributed by atoms with Gasteiger partial charge >= 0.3 is 0 Å². The quantitative estimate of drug-likeness (QED) is 0.916.